The number of rotatable bonds is 9. The molecule has 1 aromatic carbocycles. The molecule has 8 heteroatoms. The molecule has 0 aliphatic rings. The molecule has 3 aromatic heterocycles. The van der Waals surface area contributed by atoms with Crippen LogP contribution >= 0.6 is 11.3 Å². The minimum Gasteiger partial charge on any atom is -0.494 e. The fourth-order valence-corrected chi connectivity index (χ4v) is 4.63. The van der Waals surface area contributed by atoms with E-state index in [-0.39, 0.29) is 11.5 Å². The van der Waals surface area contributed by atoms with Gasteiger partial charge >= 0.3 is 0 Å². The van der Waals surface area contributed by atoms with Gasteiger partial charge in [0.1, 0.15) is 17.6 Å². The lowest BCUT2D eigenvalue weighted by Gasteiger charge is -2.11. The van der Waals surface area contributed by atoms with Crippen LogP contribution in [0.4, 0.5) is 0 Å². The van der Waals surface area contributed by atoms with Crippen LogP contribution in [0.25, 0.3) is 15.7 Å². The number of aromatic nitrogens is 3. The van der Waals surface area contributed by atoms with E-state index in [9.17, 15) is 9.59 Å². The van der Waals surface area contributed by atoms with Gasteiger partial charge in [0.15, 0.2) is 0 Å². The first-order valence-electron chi connectivity index (χ1n) is 10.6. The second kappa shape index (κ2) is 9.34. The Morgan fingerprint density at radius 3 is 2.84 bits per heavy atom. The van der Waals surface area contributed by atoms with Crippen LogP contribution in [0.5, 0.6) is 5.75 Å². The molecule has 7 nitrogen and oxygen atoms in total. The van der Waals surface area contributed by atoms with Crippen molar-refractivity contribution in [3.63, 3.8) is 0 Å². The van der Waals surface area contributed by atoms with Crippen molar-refractivity contribution in [2.75, 3.05) is 6.61 Å². The largest absolute Gasteiger partial charge is 0.494 e. The van der Waals surface area contributed by atoms with Gasteiger partial charge in [0.25, 0.3) is 5.56 Å². The van der Waals surface area contributed by atoms with E-state index in [1.165, 1.54) is 9.56 Å². The molecule has 0 aliphatic heterocycles. The number of hydrogen-bond donors (Lipinski definition) is 1. The van der Waals surface area contributed by atoms with Gasteiger partial charge in [0.2, 0.25) is 5.91 Å². The van der Waals surface area contributed by atoms with Gasteiger partial charge in [-0.1, -0.05) is 25.1 Å². The highest BCUT2D eigenvalue weighted by Crippen LogP contribution is 2.28. The molecule has 0 bridgehead atoms. The Kier molecular flexibility index (Phi) is 6.36. The van der Waals surface area contributed by atoms with E-state index in [4.69, 9.17) is 4.74 Å². The van der Waals surface area contributed by atoms with E-state index in [2.05, 4.69) is 23.4 Å². The third-order valence-electron chi connectivity index (χ3n) is 5.21. The second-order valence-electron chi connectivity index (χ2n) is 7.30. The van der Waals surface area contributed by atoms with E-state index in [1.807, 2.05) is 41.7 Å². The minimum atomic E-state index is -0.130. The van der Waals surface area contributed by atoms with Crippen LogP contribution in [-0.2, 0) is 24.3 Å². The molecule has 0 spiro atoms. The van der Waals surface area contributed by atoms with Crippen molar-refractivity contribution in [1.82, 2.24) is 19.5 Å². The molecule has 162 valence electrons. The van der Waals surface area contributed by atoms with Gasteiger partial charge in [-0.2, -0.15) is 5.10 Å². The lowest BCUT2D eigenvalue weighted by molar-refractivity contribution is -0.121. The van der Waals surface area contributed by atoms with E-state index >= 15 is 0 Å². The molecule has 0 fully saturated rings. The minimum absolute atomic E-state index is 0.0595. The second-order valence-corrected chi connectivity index (χ2v) is 8.46. The monoisotopic (exact) mass is 438 g/mol. The van der Waals surface area contributed by atoms with Crippen LogP contribution in [0, 0.1) is 0 Å². The van der Waals surface area contributed by atoms with E-state index in [0.29, 0.717) is 38.1 Å². The molecule has 0 radical (unpaired) electrons. The molecule has 0 saturated carbocycles. The molecule has 1 amide bonds. The predicted molar refractivity (Wildman–Crippen MR) is 123 cm³/mol. The topological polar surface area (TPSA) is 77.6 Å². The summed E-state index contributed by atoms with van der Waals surface area (Å²) in [4.78, 5) is 26.3. The van der Waals surface area contributed by atoms with Gasteiger partial charge in [-0.3, -0.25) is 14.0 Å². The highest BCUT2D eigenvalue weighted by atomic mass is 32.1. The van der Waals surface area contributed by atoms with E-state index in [1.54, 1.807) is 17.7 Å². The molecule has 4 aromatic rings. The van der Waals surface area contributed by atoms with Crippen LogP contribution in [0.1, 0.15) is 37.1 Å². The molecule has 4 rings (SSSR count). The highest BCUT2D eigenvalue weighted by Gasteiger charge is 2.12. The fraction of sp³-hybridized carbons (Fsp3) is 0.348. The molecule has 1 N–H and O–H groups in total. The SMILES string of the molecule is CCOc1ccccc1CNC(=O)CCCn1ncn2c(cc3sc(CC)cc32)c1=O. The van der Waals surface area contributed by atoms with Crippen LogP contribution in [0.3, 0.4) is 0 Å². The molecular weight excluding hydrogens is 412 g/mol. The number of fused-ring (bicyclic) bond motifs is 3. The summed E-state index contributed by atoms with van der Waals surface area (Å²) in [5.41, 5.74) is 2.46. The van der Waals surface area contributed by atoms with E-state index in [0.717, 1.165) is 28.0 Å². The van der Waals surface area contributed by atoms with Crippen molar-refractivity contribution in [2.24, 2.45) is 0 Å². The molecule has 31 heavy (non-hydrogen) atoms. The Morgan fingerprint density at radius 1 is 1.19 bits per heavy atom. The lowest BCUT2D eigenvalue weighted by Crippen LogP contribution is -2.26. The van der Waals surface area contributed by atoms with Crippen LogP contribution in [0.15, 0.2) is 47.5 Å². The maximum atomic E-state index is 12.8. The summed E-state index contributed by atoms with van der Waals surface area (Å²) >= 11 is 1.71. The zero-order chi connectivity index (χ0) is 21.8. The number of benzene rings is 1. The quantitative estimate of drug-likeness (QED) is 0.432. The number of amides is 1. The van der Waals surface area contributed by atoms with Crippen LogP contribution in [0.2, 0.25) is 0 Å². The van der Waals surface area contributed by atoms with Crippen molar-refractivity contribution in [3.8, 4) is 5.75 Å². The molecule has 3 heterocycles. The summed E-state index contributed by atoms with van der Waals surface area (Å²) in [6.07, 6.45) is 3.53. The van der Waals surface area contributed by atoms with Crippen molar-refractivity contribution < 1.29 is 9.53 Å². The number of thiophene rings is 1. The zero-order valence-electron chi connectivity index (χ0n) is 17.8. The number of ether oxygens (including phenoxy) is 1. The van der Waals surface area contributed by atoms with Crippen molar-refractivity contribution in [2.45, 2.75) is 46.2 Å². The summed E-state index contributed by atoms with van der Waals surface area (Å²) in [6, 6.07) is 11.7. The van der Waals surface area contributed by atoms with Crippen LogP contribution in [-0.4, -0.2) is 26.7 Å². The Bertz CT molecular complexity index is 1270. The van der Waals surface area contributed by atoms with Gasteiger partial charge in [0, 0.05) is 30.0 Å². The normalized spacial score (nSPS) is 11.3. The number of hydrogen-bond acceptors (Lipinski definition) is 5. The first kappa shape index (κ1) is 21.1. The first-order chi connectivity index (χ1) is 15.1. The number of nitrogens with one attached hydrogen (secondary N) is 1. The average Bonchev–Trinajstić information content (AvgIpc) is 3.33. The van der Waals surface area contributed by atoms with Gasteiger partial charge in [-0.05, 0) is 38.0 Å². The maximum absolute atomic E-state index is 12.8. The lowest BCUT2D eigenvalue weighted by atomic mass is 10.2. The molecule has 0 atom stereocenters. The number of para-hydroxylation sites is 1. The van der Waals surface area contributed by atoms with Gasteiger partial charge in [-0.25, -0.2) is 4.68 Å². The van der Waals surface area contributed by atoms with Gasteiger partial charge in [0.05, 0.1) is 16.8 Å². The zero-order valence-corrected chi connectivity index (χ0v) is 18.6. The average molecular weight is 439 g/mol. The number of carbonyl (C=O) groups excluding carboxylic acids is 1. The van der Waals surface area contributed by atoms with Crippen molar-refractivity contribution in [1.29, 1.82) is 0 Å². The first-order valence-corrected chi connectivity index (χ1v) is 11.4. The summed E-state index contributed by atoms with van der Waals surface area (Å²) < 4.78 is 9.98. The molecule has 0 unspecified atom stereocenters. The summed E-state index contributed by atoms with van der Waals surface area (Å²) in [6.45, 7) is 5.45. The maximum Gasteiger partial charge on any atom is 0.291 e. The molecule has 0 saturated heterocycles. The van der Waals surface area contributed by atoms with E-state index < -0.39 is 0 Å². The third kappa shape index (κ3) is 4.49. The number of aryl methyl sites for hydroxylation is 2. The van der Waals surface area contributed by atoms with Gasteiger partial charge < -0.3 is 10.1 Å². The number of carbonyl (C=O) groups is 1. The summed E-state index contributed by atoms with van der Waals surface area (Å²) in [5, 5.41) is 7.23. The number of nitrogens with zero attached hydrogens (tertiary/aromatic N) is 3. The summed E-state index contributed by atoms with van der Waals surface area (Å²) in [5.74, 6) is 0.725. The highest BCUT2D eigenvalue weighted by molar-refractivity contribution is 7.19. The van der Waals surface area contributed by atoms with Gasteiger partial charge in [-0.15, -0.1) is 11.3 Å². The Hall–Kier alpha value is -3.13. The summed E-state index contributed by atoms with van der Waals surface area (Å²) in [7, 11) is 0. The predicted octanol–water partition coefficient (Wildman–Crippen LogP) is 3.77. The Balaban J connectivity index is 1.35. The standard InChI is InChI=1S/C23H26N4O3S/c1-3-17-12-18-21(31-17)13-19-23(29)27(25-15-26(18)19)11-7-10-22(28)24-14-16-8-5-6-9-20(16)30-4-2/h5-6,8-9,12-13,15H,3-4,7,10-11,14H2,1-2H3,(H,24,28). The molecule has 0 aliphatic carbocycles. The van der Waals surface area contributed by atoms with Crippen molar-refractivity contribution in [3.05, 3.63) is 63.5 Å². The van der Waals surface area contributed by atoms with Crippen molar-refractivity contribution >= 4 is 33.0 Å². The van der Waals surface area contributed by atoms with Crippen LogP contribution < -0.4 is 15.6 Å². The smallest absolute Gasteiger partial charge is 0.291 e. The Morgan fingerprint density at radius 2 is 2.03 bits per heavy atom. The molecular formula is C23H26N4O3S. The Labute approximate surface area is 184 Å². The fourth-order valence-electron chi connectivity index (χ4n) is 3.60. The third-order valence-corrected chi connectivity index (χ3v) is 6.42.